The smallest absolute Gasteiger partial charge is 0.0482 e. The van der Waals surface area contributed by atoms with Crippen LogP contribution in [0.4, 0.5) is 5.69 Å². The summed E-state index contributed by atoms with van der Waals surface area (Å²) in [6.45, 7) is 8.67. The maximum absolute atomic E-state index is 3.65. The van der Waals surface area contributed by atoms with Crippen molar-refractivity contribution in [2.24, 2.45) is 0 Å². The Morgan fingerprint density at radius 3 is 2.13 bits per heavy atom. The highest BCUT2D eigenvalue weighted by atomic mass is 14.9. The van der Waals surface area contributed by atoms with Crippen LogP contribution in [0.25, 0.3) is 5.57 Å². The van der Waals surface area contributed by atoms with E-state index in [2.05, 4.69) is 124 Å². The molecule has 0 aromatic heterocycles. The summed E-state index contributed by atoms with van der Waals surface area (Å²) < 4.78 is 0. The summed E-state index contributed by atoms with van der Waals surface area (Å²) in [7, 11) is 0. The van der Waals surface area contributed by atoms with Crippen molar-refractivity contribution in [3.8, 4) is 0 Å². The van der Waals surface area contributed by atoms with Crippen molar-refractivity contribution in [1.29, 1.82) is 0 Å². The van der Waals surface area contributed by atoms with E-state index >= 15 is 0 Å². The van der Waals surface area contributed by atoms with Gasteiger partial charge in [-0.15, -0.1) is 0 Å². The maximum atomic E-state index is 3.65. The molecule has 0 amide bonds. The Hall–Kier alpha value is -3.32. The van der Waals surface area contributed by atoms with Crippen molar-refractivity contribution in [1.82, 2.24) is 0 Å². The maximum Gasteiger partial charge on any atom is 0.0482 e. The van der Waals surface area contributed by atoms with E-state index in [1.54, 1.807) is 0 Å². The molecule has 0 fully saturated rings. The van der Waals surface area contributed by atoms with Gasteiger partial charge in [0.1, 0.15) is 0 Å². The van der Waals surface area contributed by atoms with Crippen LogP contribution in [0.2, 0.25) is 0 Å². The highest BCUT2D eigenvalue weighted by Gasteiger charge is 2.11. The lowest BCUT2D eigenvalue weighted by molar-refractivity contribution is 0.877. The molecule has 156 valence electrons. The van der Waals surface area contributed by atoms with Gasteiger partial charge in [-0.25, -0.2) is 0 Å². The van der Waals surface area contributed by atoms with Gasteiger partial charge in [0.2, 0.25) is 0 Å². The average Bonchev–Trinajstić information content (AvgIpc) is 2.78. The van der Waals surface area contributed by atoms with Crippen molar-refractivity contribution in [2.45, 2.75) is 40.2 Å². The first-order chi connectivity index (χ1) is 15.0. The van der Waals surface area contributed by atoms with Crippen LogP contribution < -0.4 is 5.32 Å². The fraction of sp³-hybridized carbons (Fsp3) is 0.200. The van der Waals surface area contributed by atoms with Crippen LogP contribution in [0, 0.1) is 27.7 Å². The lowest BCUT2D eigenvalue weighted by atomic mass is 9.92. The van der Waals surface area contributed by atoms with Crippen molar-refractivity contribution in [3.05, 3.63) is 130 Å². The third-order valence-electron chi connectivity index (χ3n) is 6.20. The van der Waals surface area contributed by atoms with E-state index < -0.39 is 0 Å². The van der Waals surface area contributed by atoms with Gasteiger partial charge in [-0.1, -0.05) is 72.8 Å². The van der Waals surface area contributed by atoms with Crippen LogP contribution in [-0.4, -0.2) is 6.04 Å². The van der Waals surface area contributed by atoms with Crippen LogP contribution in [0.3, 0.4) is 0 Å². The zero-order valence-corrected chi connectivity index (χ0v) is 18.9. The van der Waals surface area contributed by atoms with Gasteiger partial charge < -0.3 is 5.32 Å². The first-order valence-electron chi connectivity index (χ1n) is 11.1. The monoisotopic (exact) mass is 405 g/mol. The molecule has 1 atom stereocenters. The predicted molar refractivity (Wildman–Crippen MR) is 135 cm³/mol. The molecule has 3 aromatic carbocycles. The number of aryl methyl sites for hydroxylation is 4. The Morgan fingerprint density at radius 1 is 0.774 bits per heavy atom. The fourth-order valence-corrected chi connectivity index (χ4v) is 3.92. The van der Waals surface area contributed by atoms with Gasteiger partial charge in [0, 0.05) is 11.7 Å². The molecular formula is C30H31N. The number of hydrogen-bond donors (Lipinski definition) is 1. The molecule has 0 aliphatic heterocycles. The standard InChI is InChI=1S/C30H31N/c1-21-10-14-27(18-23(21)3)30(26-8-6-5-7-9-26)20-25-12-16-28(17-13-25)31-29-15-11-22(2)24(4)19-29/h5-16,18-20,28,31H,17H2,1-4H3. The molecule has 0 saturated heterocycles. The Balaban J connectivity index is 1.58. The van der Waals surface area contributed by atoms with Gasteiger partial charge in [0.05, 0.1) is 0 Å². The average molecular weight is 406 g/mol. The van der Waals surface area contributed by atoms with Crippen molar-refractivity contribution in [3.63, 3.8) is 0 Å². The highest BCUT2D eigenvalue weighted by molar-refractivity contribution is 5.82. The lowest BCUT2D eigenvalue weighted by Crippen LogP contribution is -2.17. The summed E-state index contributed by atoms with van der Waals surface area (Å²) in [6.07, 6.45) is 10.2. The molecule has 0 radical (unpaired) electrons. The minimum atomic E-state index is 0.320. The Kier molecular flexibility index (Phi) is 6.23. The van der Waals surface area contributed by atoms with E-state index in [1.807, 2.05) is 0 Å². The highest BCUT2D eigenvalue weighted by Crippen LogP contribution is 2.28. The molecule has 1 aliphatic rings. The van der Waals surface area contributed by atoms with Gasteiger partial charge >= 0.3 is 0 Å². The number of nitrogens with one attached hydrogen (secondary N) is 1. The number of benzene rings is 3. The molecule has 0 saturated carbocycles. The van der Waals surface area contributed by atoms with Gasteiger partial charge in [0.25, 0.3) is 0 Å². The van der Waals surface area contributed by atoms with Gasteiger partial charge in [-0.05, 0) is 96.9 Å². The minimum absolute atomic E-state index is 0.320. The third kappa shape index (κ3) is 5.06. The molecule has 1 heteroatoms. The fourth-order valence-electron chi connectivity index (χ4n) is 3.92. The van der Waals surface area contributed by atoms with E-state index in [-0.39, 0.29) is 0 Å². The summed E-state index contributed by atoms with van der Waals surface area (Å²) in [6, 6.07) is 24.3. The second kappa shape index (κ2) is 9.22. The predicted octanol–water partition coefficient (Wildman–Crippen LogP) is 7.72. The lowest BCUT2D eigenvalue weighted by Gasteiger charge is -2.19. The number of hydrogen-bond acceptors (Lipinski definition) is 1. The molecule has 1 nitrogen and oxygen atoms in total. The number of anilines is 1. The van der Waals surface area contributed by atoms with Crippen molar-refractivity contribution in [2.75, 3.05) is 5.32 Å². The molecule has 1 N–H and O–H groups in total. The first kappa shape index (κ1) is 20.9. The molecule has 3 aromatic rings. The number of rotatable bonds is 5. The molecule has 31 heavy (non-hydrogen) atoms. The van der Waals surface area contributed by atoms with Crippen LogP contribution in [0.15, 0.2) is 96.6 Å². The Morgan fingerprint density at radius 2 is 1.48 bits per heavy atom. The van der Waals surface area contributed by atoms with Crippen molar-refractivity contribution >= 4 is 11.3 Å². The van der Waals surface area contributed by atoms with E-state index in [9.17, 15) is 0 Å². The van der Waals surface area contributed by atoms with E-state index in [1.165, 1.54) is 50.2 Å². The second-order valence-electron chi connectivity index (χ2n) is 8.57. The van der Waals surface area contributed by atoms with Gasteiger partial charge in [-0.2, -0.15) is 0 Å². The van der Waals surface area contributed by atoms with Gasteiger partial charge in [0.15, 0.2) is 0 Å². The topological polar surface area (TPSA) is 12.0 Å². The molecular weight excluding hydrogens is 374 g/mol. The zero-order chi connectivity index (χ0) is 21.8. The number of allylic oxidation sites excluding steroid dienone is 3. The molecule has 1 aliphatic carbocycles. The third-order valence-corrected chi connectivity index (χ3v) is 6.20. The normalized spacial score (nSPS) is 16.2. The largest absolute Gasteiger partial charge is 0.379 e. The Bertz CT molecular complexity index is 1160. The van der Waals surface area contributed by atoms with Crippen molar-refractivity contribution < 1.29 is 0 Å². The van der Waals surface area contributed by atoms with Crippen LogP contribution in [-0.2, 0) is 0 Å². The molecule has 1 unspecified atom stereocenters. The quantitative estimate of drug-likeness (QED) is 0.458. The van der Waals surface area contributed by atoms with E-state index in [4.69, 9.17) is 0 Å². The minimum Gasteiger partial charge on any atom is -0.379 e. The van der Waals surface area contributed by atoms with Gasteiger partial charge in [-0.3, -0.25) is 0 Å². The summed E-state index contributed by atoms with van der Waals surface area (Å²) in [5, 5.41) is 3.65. The molecule has 0 heterocycles. The zero-order valence-electron chi connectivity index (χ0n) is 18.9. The van der Waals surface area contributed by atoms with E-state index in [0.717, 1.165) is 6.42 Å². The van der Waals surface area contributed by atoms with Crippen LogP contribution in [0.1, 0.15) is 39.8 Å². The summed E-state index contributed by atoms with van der Waals surface area (Å²) in [4.78, 5) is 0. The molecule has 0 bridgehead atoms. The molecule has 4 rings (SSSR count). The van der Waals surface area contributed by atoms with E-state index in [0.29, 0.717) is 6.04 Å². The molecule has 0 spiro atoms. The summed E-state index contributed by atoms with van der Waals surface area (Å²) in [5.74, 6) is 0. The van der Waals surface area contributed by atoms with Crippen LogP contribution in [0.5, 0.6) is 0 Å². The van der Waals surface area contributed by atoms with Crippen LogP contribution >= 0.6 is 0 Å². The Labute approximate surface area is 186 Å². The first-order valence-corrected chi connectivity index (χ1v) is 11.1. The summed E-state index contributed by atoms with van der Waals surface area (Å²) >= 11 is 0. The SMILES string of the molecule is Cc1ccc(NC2C=CC(C=C(c3ccccc3)c3ccc(C)c(C)c3)=CC2)cc1C. The second-order valence-corrected chi connectivity index (χ2v) is 8.57. The summed E-state index contributed by atoms with van der Waals surface area (Å²) in [5.41, 5.74) is 11.5.